The highest BCUT2D eigenvalue weighted by molar-refractivity contribution is 4.91. The van der Waals surface area contributed by atoms with Crippen LogP contribution in [0.1, 0.15) is 376 Å². The Morgan fingerprint density at radius 1 is 0.486 bits per heavy atom. The van der Waals surface area contributed by atoms with Crippen LogP contribution < -0.4 is 0 Å². The van der Waals surface area contributed by atoms with Crippen molar-refractivity contribution in [1.29, 1.82) is 0 Å². The van der Waals surface area contributed by atoms with E-state index in [1.165, 1.54) is 148 Å². The molecule has 6 fully saturated rings. The van der Waals surface area contributed by atoms with Gasteiger partial charge in [-0.3, -0.25) is 0 Å². The van der Waals surface area contributed by atoms with E-state index in [1.54, 1.807) is 0 Å². The summed E-state index contributed by atoms with van der Waals surface area (Å²) in [5.41, 5.74) is 3.38. The van der Waals surface area contributed by atoms with Gasteiger partial charge in [-0.15, -0.1) is 0 Å². The van der Waals surface area contributed by atoms with Crippen LogP contribution in [0.25, 0.3) is 0 Å². The highest BCUT2D eigenvalue weighted by Crippen LogP contribution is 2.51. The van der Waals surface area contributed by atoms with Crippen LogP contribution in [-0.2, 0) is 0 Å². The van der Waals surface area contributed by atoms with E-state index in [0.717, 1.165) is 75.9 Å². The van der Waals surface area contributed by atoms with E-state index >= 15 is 0 Å². The van der Waals surface area contributed by atoms with Gasteiger partial charge in [-0.1, -0.05) is 325 Å². The van der Waals surface area contributed by atoms with Gasteiger partial charge in [0.2, 0.25) is 0 Å². The second-order valence-electron chi connectivity index (χ2n) is 30.0. The van der Waals surface area contributed by atoms with E-state index in [-0.39, 0.29) is 0 Å². The maximum atomic E-state index is 2.35. The number of rotatable bonds is 13. The molecule has 0 nitrogen and oxygen atoms in total. The molecule has 0 aliphatic heterocycles. The number of hydrogen-bond acceptors (Lipinski definition) is 0. The minimum atomic E-state index is 0.542. The minimum Gasteiger partial charge on any atom is -0.0654 e. The molecule has 0 heterocycles. The van der Waals surface area contributed by atoms with Crippen molar-refractivity contribution in [2.45, 2.75) is 376 Å². The molecule has 0 bridgehead atoms. The van der Waals surface area contributed by atoms with Crippen LogP contribution >= 0.6 is 0 Å². The van der Waals surface area contributed by atoms with E-state index in [4.69, 9.17) is 0 Å². The molecule has 0 amide bonds. The summed E-state index contributed by atoms with van der Waals surface area (Å²) in [7, 11) is 0. The molecule has 0 aromatic heterocycles. The van der Waals surface area contributed by atoms with Crippen LogP contribution in [0.3, 0.4) is 0 Å². The smallest absolute Gasteiger partial charge is 0.0326 e. The van der Waals surface area contributed by atoms with Gasteiger partial charge in [0, 0.05) is 0 Å². The van der Waals surface area contributed by atoms with E-state index in [0.29, 0.717) is 16.2 Å². The average molecular weight is 1020 g/mol. The normalized spacial score (nSPS) is 20.5. The molecule has 1 unspecified atom stereocenters. The van der Waals surface area contributed by atoms with Crippen molar-refractivity contribution in [3.8, 4) is 0 Å². The topological polar surface area (TPSA) is 0 Å². The third-order valence-corrected chi connectivity index (χ3v) is 17.8. The summed E-state index contributed by atoms with van der Waals surface area (Å²) >= 11 is 0. The zero-order valence-electron chi connectivity index (χ0n) is 58.1. The first-order valence-electron chi connectivity index (χ1n) is 32.9. The summed E-state index contributed by atoms with van der Waals surface area (Å²) < 4.78 is 0. The molecule has 6 aliphatic carbocycles. The summed E-state index contributed by atoms with van der Waals surface area (Å²) in [5.74, 6) is 10.8. The zero-order valence-corrected chi connectivity index (χ0v) is 58.1. The van der Waals surface area contributed by atoms with Gasteiger partial charge < -0.3 is 0 Å². The molecule has 0 aromatic rings. The SMILES string of the molecule is CC(C)C(C)C.CC(C)C1CC1.CCC(C)(C)C.CCC(C)(C)C.CCC(C)CC.CCC(C)CC.CCC1(C)CC1.CCC1(C)CC1.CCC1C[C@@H]1C.CCCC(C)C.CCCC1CC1.C[C@H]1CC1(C)C. The highest BCUT2D eigenvalue weighted by Gasteiger charge is 2.41. The molecule has 0 heteroatoms. The summed E-state index contributed by atoms with van der Waals surface area (Å²) in [6.45, 7) is 74.7. The van der Waals surface area contributed by atoms with E-state index in [2.05, 4.69) is 228 Å². The molecule has 0 saturated heterocycles. The fraction of sp³-hybridized carbons (Fsp3) is 1.00. The van der Waals surface area contributed by atoms with Gasteiger partial charge >= 0.3 is 0 Å². The predicted molar refractivity (Wildman–Crippen MR) is 344 cm³/mol. The molecule has 6 aliphatic rings. The quantitative estimate of drug-likeness (QED) is 0.172. The third kappa shape index (κ3) is 74.2. The molecule has 6 saturated carbocycles. The Kier molecular flexibility index (Phi) is 54.4. The van der Waals surface area contributed by atoms with E-state index in [9.17, 15) is 0 Å². The van der Waals surface area contributed by atoms with Crippen molar-refractivity contribution < 1.29 is 0 Å². The average Bonchev–Trinajstić information content (AvgIpc) is 4.08. The Hall–Kier alpha value is 0. The fourth-order valence-electron chi connectivity index (χ4n) is 5.56. The molecule has 72 heavy (non-hydrogen) atoms. The molecule has 0 N–H and O–H groups in total. The van der Waals surface area contributed by atoms with Crippen molar-refractivity contribution in [3.63, 3.8) is 0 Å². The van der Waals surface area contributed by atoms with Gasteiger partial charge in [0.15, 0.2) is 0 Å². The molecule has 0 radical (unpaired) electrons. The van der Waals surface area contributed by atoms with Crippen molar-refractivity contribution >= 4 is 0 Å². The largest absolute Gasteiger partial charge is 0.0654 e. The van der Waals surface area contributed by atoms with Gasteiger partial charge in [-0.25, -0.2) is 0 Å². The fourth-order valence-corrected chi connectivity index (χ4v) is 5.56. The molecule has 444 valence electrons. The summed E-state index contributed by atoms with van der Waals surface area (Å²) in [5, 5.41) is 0. The van der Waals surface area contributed by atoms with Gasteiger partial charge in [0.05, 0.1) is 0 Å². The Labute approximate surface area is 466 Å². The Morgan fingerprint density at radius 2 is 0.778 bits per heavy atom. The van der Waals surface area contributed by atoms with Gasteiger partial charge in [0.25, 0.3) is 0 Å². The van der Waals surface area contributed by atoms with Crippen LogP contribution in [0.2, 0.25) is 0 Å². The second-order valence-corrected chi connectivity index (χ2v) is 30.0. The molecular weight excluding hydrogens is 865 g/mol. The predicted octanol–water partition coefficient (Wildman–Crippen LogP) is 27.3. The first-order valence-corrected chi connectivity index (χ1v) is 32.9. The Balaban J connectivity index is -0.000000165. The van der Waals surface area contributed by atoms with E-state index in [1.807, 2.05) is 0 Å². The van der Waals surface area contributed by atoms with Gasteiger partial charge in [-0.2, -0.15) is 0 Å². The standard InChI is InChI=1S/6C6H12.6C6H14/c1-5-4-6(5,2)3;1-5(2)6-3-4-6;2*1-3-6(2)4-5-6;1-3-6-4-5(6)2;1-2-3-6-4-5-6;2*1-5-6(2,3)4;1-5(2)6(3)4;1-4-5-6(2)3;2*1-4-6(3)5-2/h5H,4H2,1-3H3;5-6H,3-4H2,1-2H3;2*3-5H2,1-2H3;5-6H,3-4H2,1-2H3;6H,2-5H2,1H3;2*5H2,1-4H3;5-6H,1-4H3;3*6H,4-5H2,1-3H3/t5-;;;;5-,6?;;;;;;;/m0...0......./s1. The number of hydrogen-bond donors (Lipinski definition) is 0. The summed E-state index contributed by atoms with van der Waals surface area (Å²) in [6, 6.07) is 0. The molecule has 0 spiro atoms. The van der Waals surface area contributed by atoms with Crippen molar-refractivity contribution in [3.05, 3.63) is 0 Å². The van der Waals surface area contributed by atoms with Crippen LogP contribution in [0.15, 0.2) is 0 Å². The Bertz CT molecular complexity index is 956. The lowest BCUT2D eigenvalue weighted by molar-refractivity contribution is 0.397. The van der Waals surface area contributed by atoms with Crippen molar-refractivity contribution in [2.75, 3.05) is 0 Å². The minimum absolute atomic E-state index is 0.542. The van der Waals surface area contributed by atoms with Crippen LogP contribution in [0, 0.1) is 92.2 Å². The highest BCUT2D eigenvalue weighted by atomic mass is 14.5. The third-order valence-electron chi connectivity index (χ3n) is 17.8. The first kappa shape index (κ1) is 83.3. The Morgan fingerprint density at radius 3 is 0.792 bits per heavy atom. The van der Waals surface area contributed by atoms with Crippen molar-refractivity contribution in [1.82, 2.24) is 0 Å². The first-order chi connectivity index (χ1) is 32.9. The lowest BCUT2D eigenvalue weighted by Gasteiger charge is -2.12. The van der Waals surface area contributed by atoms with Gasteiger partial charge in [-0.05, 0) is 144 Å². The van der Waals surface area contributed by atoms with E-state index < -0.39 is 0 Å². The van der Waals surface area contributed by atoms with Gasteiger partial charge in [0.1, 0.15) is 0 Å². The maximum Gasteiger partial charge on any atom is -0.0326 e. The van der Waals surface area contributed by atoms with Crippen LogP contribution in [0.4, 0.5) is 0 Å². The molecular formula is C72H156. The molecule has 0 aromatic carbocycles. The second kappa shape index (κ2) is 47.0. The van der Waals surface area contributed by atoms with Crippen molar-refractivity contribution in [2.24, 2.45) is 92.2 Å². The summed E-state index contributed by atoms with van der Waals surface area (Å²) in [4.78, 5) is 0. The molecule has 3 atom stereocenters. The van der Waals surface area contributed by atoms with Crippen LogP contribution in [0.5, 0.6) is 0 Å². The zero-order chi connectivity index (χ0) is 58.1. The lowest BCUT2D eigenvalue weighted by atomic mass is 9.94. The van der Waals surface area contributed by atoms with Crippen LogP contribution in [-0.4, -0.2) is 0 Å². The molecule has 6 rings (SSSR count). The monoisotopic (exact) mass is 1020 g/mol. The maximum absolute atomic E-state index is 2.35. The summed E-state index contributed by atoms with van der Waals surface area (Å²) in [6.07, 6.45) is 32.5. The lowest BCUT2D eigenvalue weighted by Crippen LogP contribution is -2.00.